The Morgan fingerprint density at radius 1 is 0.427 bits per heavy atom. The molecule has 1 rings (SSSR count). The number of allylic oxidation sites excluding steroid dienone is 11. The fourth-order valence-corrected chi connectivity index (χ4v) is 11.1. The van der Waals surface area contributed by atoms with Gasteiger partial charge < -0.3 is 40.3 Å². The number of hydrogen-bond donors (Lipinski definition) is 6. The molecule has 1 fully saturated rings. The van der Waals surface area contributed by atoms with Crippen LogP contribution in [0.1, 0.15) is 328 Å². The molecule has 9 nitrogen and oxygen atoms in total. The third-order valence-corrected chi connectivity index (χ3v) is 16.5. The van der Waals surface area contributed by atoms with Crippen LogP contribution < -0.4 is 5.32 Å². The summed E-state index contributed by atoms with van der Waals surface area (Å²) in [5.41, 5.74) is 0. The SMILES string of the molecule is CC/C=C\C/C=C\C/C=C\C/C=C\CCCCCCCCCCCCCCCCCCCCCCCCCCCCCCC(=O)NC(COC1OC(CO)C(O)C(O)C1O)C(O)/C=C/CC/C=C/CCCCCCCCCCCCCC. The first-order valence-corrected chi connectivity index (χ1v) is 35.2. The molecule has 0 bridgehead atoms. The molecule has 0 saturated carbocycles. The minimum absolute atomic E-state index is 0.181. The molecule has 0 radical (unpaired) electrons. The minimum atomic E-state index is -1.57. The zero-order valence-corrected chi connectivity index (χ0v) is 53.5. The quantitative estimate of drug-likeness (QED) is 0.0261. The number of carbonyl (C=O) groups excluding carboxylic acids is 1. The number of aliphatic hydroxyl groups is 5. The topological polar surface area (TPSA) is 149 Å². The summed E-state index contributed by atoms with van der Waals surface area (Å²) in [7, 11) is 0. The van der Waals surface area contributed by atoms with E-state index in [4.69, 9.17) is 9.47 Å². The van der Waals surface area contributed by atoms with E-state index in [1.807, 2.05) is 6.08 Å². The molecule has 6 N–H and O–H groups in total. The smallest absolute Gasteiger partial charge is 0.220 e. The van der Waals surface area contributed by atoms with Gasteiger partial charge in [-0.3, -0.25) is 4.79 Å². The second-order valence-corrected chi connectivity index (χ2v) is 24.3. The van der Waals surface area contributed by atoms with Crippen LogP contribution in [0, 0.1) is 0 Å². The molecule has 0 aromatic carbocycles. The summed E-state index contributed by atoms with van der Waals surface area (Å²) in [6, 6.07) is -0.822. The molecular formula is C73H133NO8. The zero-order chi connectivity index (χ0) is 59.3. The Morgan fingerprint density at radius 2 is 0.768 bits per heavy atom. The first-order chi connectivity index (χ1) is 40.3. The van der Waals surface area contributed by atoms with Gasteiger partial charge in [-0.15, -0.1) is 0 Å². The van der Waals surface area contributed by atoms with Gasteiger partial charge in [-0.05, 0) is 70.6 Å². The lowest BCUT2D eigenvalue weighted by Gasteiger charge is -2.40. The number of nitrogens with one attached hydrogen (secondary N) is 1. The molecule has 0 aliphatic carbocycles. The van der Waals surface area contributed by atoms with Crippen LogP contribution in [0.3, 0.4) is 0 Å². The molecule has 7 unspecified atom stereocenters. The number of ether oxygens (including phenoxy) is 2. The summed E-state index contributed by atoms with van der Waals surface area (Å²) >= 11 is 0. The van der Waals surface area contributed by atoms with Gasteiger partial charge in [0.2, 0.25) is 5.91 Å². The Balaban J connectivity index is 2.04. The maximum Gasteiger partial charge on any atom is 0.220 e. The summed E-state index contributed by atoms with van der Waals surface area (Å²) in [5.74, 6) is -0.181. The van der Waals surface area contributed by atoms with E-state index in [9.17, 15) is 30.3 Å². The monoisotopic (exact) mass is 1150 g/mol. The van der Waals surface area contributed by atoms with Crippen molar-refractivity contribution in [3.05, 3.63) is 72.9 Å². The number of rotatable bonds is 61. The Bertz CT molecular complexity index is 1520. The summed E-state index contributed by atoms with van der Waals surface area (Å²) < 4.78 is 11.3. The summed E-state index contributed by atoms with van der Waals surface area (Å²) in [6.07, 6.45) is 80.3. The fraction of sp³-hybridized carbons (Fsp3) is 0.822. The lowest BCUT2D eigenvalue weighted by Crippen LogP contribution is -2.60. The third-order valence-electron chi connectivity index (χ3n) is 16.5. The van der Waals surface area contributed by atoms with Gasteiger partial charge in [-0.2, -0.15) is 0 Å². The van der Waals surface area contributed by atoms with Crippen molar-refractivity contribution in [2.75, 3.05) is 13.2 Å². The second kappa shape index (κ2) is 61.7. The molecule has 1 amide bonds. The van der Waals surface area contributed by atoms with Crippen LogP contribution in [0.5, 0.6) is 0 Å². The minimum Gasteiger partial charge on any atom is -0.394 e. The predicted octanol–water partition coefficient (Wildman–Crippen LogP) is 19.1. The van der Waals surface area contributed by atoms with E-state index in [1.54, 1.807) is 6.08 Å². The van der Waals surface area contributed by atoms with E-state index in [0.29, 0.717) is 6.42 Å². The molecule has 1 aliphatic rings. The van der Waals surface area contributed by atoms with E-state index in [-0.39, 0.29) is 12.5 Å². The average molecular weight is 1150 g/mol. The summed E-state index contributed by atoms with van der Waals surface area (Å²) in [5, 5.41) is 54.6. The van der Waals surface area contributed by atoms with E-state index >= 15 is 0 Å². The van der Waals surface area contributed by atoms with Gasteiger partial charge in [0.1, 0.15) is 24.4 Å². The van der Waals surface area contributed by atoms with E-state index < -0.39 is 49.5 Å². The molecule has 1 aliphatic heterocycles. The van der Waals surface area contributed by atoms with Gasteiger partial charge in [0.05, 0.1) is 25.4 Å². The van der Waals surface area contributed by atoms with Gasteiger partial charge in [-0.25, -0.2) is 0 Å². The van der Waals surface area contributed by atoms with Gasteiger partial charge in [0.15, 0.2) is 6.29 Å². The molecular weight excluding hydrogens is 1020 g/mol. The number of aliphatic hydroxyl groups excluding tert-OH is 5. The van der Waals surface area contributed by atoms with Crippen molar-refractivity contribution >= 4 is 5.91 Å². The largest absolute Gasteiger partial charge is 0.394 e. The van der Waals surface area contributed by atoms with Crippen LogP contribution in [0.4, 0.5) is 0 Å². The van der Waals surface area contributed by atoms with Crippen molar-refractivity contribution in [2.24, 2.45) is 0 Å². The van der Waals surface area contributed by atoms with Crippen LogP contribution >= 0.6 is 0 Å². The lowest BCUT2D eigenvalue weighted by atomic mass is 9.99. The van der Waals surface area contributed by atoms with E-state index in [2.05, 4.69) is 79.9 Å². The first-order valence-electron chi connectivity index (χ1n) is 35.2. The molecule has 0 aromatic rings. The van der Waals surface area contributed by atoms with Crippen molar-refractivity contribution in [2.45, 2.75) is 371 Å². The highest BCUT2D eigenvalue weighted by atomic mass is 16.7. The standard InChI is InChI=1S/C73H133NO8/c1-3-5-7-9-11-13-15-17-19-21-23-24-25-26-27-28-29-30-31-32-33-34-35-36-37-38-39-40-41-42-43-44-45-47-49-51-53-55-57-59-61-63-69(77)74-66(65-81-73-72(80)71(79)70(78)68(64-75)82-73)67(76)62-60-58-56-54-52-50-48-46-22-20-18-16-14-12-10-8-6-4-2/h5,7,11,13,17,19,23-24,52,54,60,62,66-68,70-73,75-76,78-80H,3-4,6,8-10,12,14-16,18,20-22,25-51,53,55-59,61,63-65H2,1-2H3,(H,74,77)/b7-5-,13-11-,19-17-,24-23-,54-52+,62-60+. The summed E-state index contributed by atoms with van der Waals surface area (Å²) in [4.78, 5) is 13.1. The van der Waals surface area contributed by atoms with Gasteiger partial charge in [0, 0.05) is 6.42 Å². The van der Waals surface area contributed by atoms with Crippen LogP contribution in [0.25, 0.3) is 0 Å². The van der Waals surface area contributed by atoms with Crippen LogP contribution in [-0.2, 0) is 14.3 Å². The highest BCUT2D eigenvalue weighted by molar-refractivity contribution is 5.76. The Labute approximate surface area is 506 Å². The van der Waals surface area contributed by atoms with E-state index in [0.717, 1.165) is 64.2 Å². The molecule has 7 atom stereocenters. The van der Waals surface area contributed by atoms with E-state index in [1.165, 1.54) is 244 Å². The molecule has 82 heavy (non-hydrogen) atoms. The second-order valence-electron chi connectivity index (χ2n) is 24.3. The highest BCUT2D eigenvalue weighted by Gasteiger charge is 2.44. The zero-order valence-electron chi connectivity index (χ0n) is 53.5. The Kier molecular flexibility index (Phi) is 58.4. The van der Waals surface area contributed by atoms with Crippen LogP contribution in [-0.4, -0.2) is 87.5 Å². The summed E-state index contributed by atoms with van der Waals surface area (Å²) in [6.45, 7) is 3.68. The maximum absolute atomic E-state index is 13.1. The van der Waals surface area contributed by atoms with Crippen LogP contribution in [0.15, 0.2) is 72.9 Å². The number of amides is 1. The molecule has 0 spiro atoms. The maximum atomic E-state index is 13.1. The van der Waals surface area contributed by atoms with Gasteiger partial charge in [-0.1, -0.05) is 324 Å². The average Bonchev–Trinajstić information content (AvgIpc) is 3.57. The van der Waals surface area contributed by atoms with Crippen LogP contribution in [0.2, 0.25) is 0 Å². The van der Waals surface area contributed by atoms with Crippen molar-refractivity contribution in [3.63, 3.8) is 0 Å². The fourth-order valence-electron chi connectivity index (χ4n) is 11.1. The Hall–Kier alpha value is -2.37. The Morgan fingerprint density at radius 3 is 1.17 bits per heavy atom. The van der Waals surface area contributed by atoms with Gasteiger partial charge in [0.25, 0.3) is 0 Å². The highest BCUT2D eigenvalue weighted by Crippen LogP contribution is 2.23. The molecule has 1 heterocycles. The molecule has 9 heteroatoms. The third kappa shape index (κ3) is 49.8. The molecule has 1 saturated heterocycles. The van der Waals surface area contributed by atoms with Crippen molar-refractivity contribution < 1.29 is 39.8 Å². The first kappa shape index (κ1) is 77.6. The lowest BCUT2D eigenvalue weighted by molar-refractivity contribution is -0.302. The van der Waals surface area contributed by atoms with Gasteiger partial charge >= 0.3 is 0 Å². The predicted molar refractivity (Wildman–Crippen MR) is 350 cm³/mol. The normalized spacial score (nSPS) is 18.7. The van der Waals surface area contributed by atoms with Crippen molar-refractivity contribution in [3.8, 4) is 0 Å². The number of unbranched alkanes of at least 4 members (excludes halogenated alkanes) is 41. The number of carbonyl (C=O) groups is 1. The van der Waals surface area contributed by atoms with Crippen molar-refractivity contribution in [1.29, 1.82) is 0 Å². The molecule has 478 valence electrons. The number of hydrogen-bond acceptors (Lipinski definition) is 8. The molecule has 0 aromatic heterocycles. The van der Waals surface area contributed by atoms with Crippen molar-refractivity contribution in [1.82, 2.24) is 5.32 Å².